The van der Waals surface area contributed by atoms with Crippen LogP contribution in [0, 0.1) is 5.82 Å². The van der Waals surface area contributed by atoms with Crippen molar-refractivity contribution in [1.82, 2.24) is 10.2 Å². The first-order valence-electron chi connectivity index (χ1n) is 6.63. The highest BCUT2D eigenvalue weighted by atomic mass is 35.5. The van der Waals surface area contributed by atoms with Gasteiger partial charge >= 0.3 is 6.03 Å². The molecule has 7 heteroatoms. The molecule has 0 spiro atoms. The quantitative estimate of drug-likeness (QED) is 0.748. The van der Waals surface area contributed by atoms with E-state index in [1.807, 2.05) is 0 Å². The van der Waals surface area contributed by atoms with Crippen LogP contribution in [0.3, 0.4) is 0 Å². The van der Waals surface area contributed by atoms with Gasteiger partial charge in [-0.2, -0.15) is 0 Å². The van der Waals surface area contributed by atoms with Crippen LogP contribution in [0.15, 0.2) is 18.2 Å². The average molecular weight is 319 g/mol. The SMILES string of the molecule is CC(O)CN(C(=O)NCc1c(F)cccc1Cl)C(C)CO. The number of aliphatic hydroxyl groups is 2. The minimum atomic E-state index is -0.734. The number of urea groups is 1. The maximum atomic E-state index is 13.6. The summed E-state index contributed by atoms with van der Waals surface area (Å²) in [5.74, 6) is -0.500. The van der Waals surface area contributed by atoms with Crippen molar-refractivity contribution in [1.29, 1.82) is 0 Å². The van der Waals surface area contributed by atoms with Gasteiger partial charge in [0.15, 0.2) is 0 Å². The highest BCUT2D eigenvalue weighted by molar-refractivity contribution is 6.31. The van der Waals surface area contributed by atoms with Crippen molar-refractivity contribution in [3.8, 4) is 0 Å². The number of nitrogens with one attached hydrogen (secondary N) is 1. The summed E-state index contributed by atoms with van der Waals surface area (Å²) in [6.07, 6.45) is -0.734. The van der Waals surface area contributed by atoms with Crippen molar-refractivity contribution in [3.63, 3.8) is 0 Å². The third kappa shape index (κ3) is 5.15. The number of halogens is 2. The van der Waals surface area contributed by atoms with E-state index in [0.717, 1.165) is 0 Å². The van der Waals surface area contributed by atoms with E-state index in [4.69, 9.17) is 16.7 Å². The van der Waals surface area contributed by atoms with Crippen LogP contribution in [-0.4, -0.2) is 46.4 Å². The number of aliphatic hydroxyl groups excluding tert-OH is 2. The fraction of sp³-hybridized carbons (Fsp3) is 0.500. The summed E-state index contributed by atoms with van der Waals surface area (Å²) in [5.41, 5.74) is 0.196. The van der Waals surface area contributed by atoms with E-state index in [9.17, 15) is 14.3 Å². The number of hydrogen-bond acceptors (Lipinski definition) is 3. The van der Waals surface area contributed by atoms with Gasteiger partial charge in [0.05, 0.1) is 18.8 Å². The van der Waals surface area contributed by atoms with Gasteiger partial charge in [-0.3, -0.25) is 0 Å². The highest BCUT2D eigenvalue weighted by Crippen LogP contribution is 2.18. The lowest BCUT2D eigenvalue weighted by molar-refractivity contribution is 0.0936. The minimum absolute atomic E-state index is 0.0680. The monoisotopic (exact) mass is 318 g/mol. The molecule has 0 heterocycles. The lowest BCUT2D eigenvalue weighted by Crippen LogP contribution is -2.49. The van der Waals surface area contributed by atoms with Crippen LogP contribution in [-0.2, 0) is 6.54 Å². The summed E-state index contributed by atoms with van der Waals surface area (Å²) < 4.78 is 13.6. The third-order valence-electron chi connectivity index (χ3n) is 3.00. The number of hydrogen-bond donors (Lipinski definition) is 3. The van der Waals surface area contributed by atoms with Crippen LogP contribution < -0.4 is 5.32 Å². The van der Waals surface area contributed by atoms with Crippen LogP contribution in [0.4, 0.5) is 9.18 Å². The standard InChI is InChI=1S/C14H20ClFN2O3/c1-9(8-19)18(7-10(2)20)14(21)17-6-11-12(15)4-3-5-13(11)16/h3-5,9-10,19-20H,6-8H2,1-2H3,(H,17,21). The second-order valence-corrected chi connectivity index (χ2v) is 5.30. The summed E-state index contributed by atoms with van der Waals surface area (Å²) in [7, 11) is 0. The molecule has 0 aliphatic carbocycles. The Bertz CT molecular complexity index is 465. The van der Waals surface area contributed by atoms with Gasteiger partial charge in [0.1, 0.15) is 5.82 Å². The van der Waals surface area contributed by atoms with Crippen LogP contribution in [0.5, 0.6) is 0 Å². The van der Waals surface area contributed by atoms with E-state index in [1.54, 1.807) is 6.92 Å². The van der Waals surface area contributed by atoms with Crippen molar-refractivity contribution >= 4 is 17.6 Å². The van der Waals surface area contributed by atoms with Gasteiger partial charge in [-0.05, 0) is 26.0 Å². The Balaban J connectivity index is 2.73. The van der Waals surface area contributed by atoms with Gasteiger partial charge in [0.25, 0.3) is 0 Å². The minimum Gasteiger partial charge on any atom is -0.394 e. The normalized spacial score (nSPS) is 13.6. The van der Waals surface area contributed by atoms with Gasteiger partial charge in [-0.1, -0.05) is 17.7 Å². The third-order valence-corrected chi connectivity index (χ3v) is 3.35. The van der Waals surface area contributed by atoms with Crippen molar-refractivity contribution in [2.45, 2.75) is 32.5 Å². The molecule has 3 N–H and O–H groups in total. The zero-order valence-electron chi connectivity index (χ0n) is 12.0. The van der Waals surface area contributed by atoms with E-state index in [-0.39, 0.29) is 30.3 Å². The van der Waals surface area contributed by atoms with Gasteiger partial charge in [-0.15, -0.1) is 0 Å². The van der Waals surface area contributed by atoms with Gasteiger partial charge in [0.2, 0.25) is 0 Å². The van der Waals surface area contributed by atoms with Crippen LogP contribution in [0.1, 0.15) is 19.4 Å². The van der Waals surface area contributed by atoms with Crippen molar-refractivity contribution in [3.05, 3.63) is 34.6 Å². The van der Waals surface area contributed by atoms with E-state index in [2.05, 4.69) is 5.32 Å². The van der Waals surface area contributed by atoms with E-state index in [1.165, 1.54) is 30.0 Å². The van der Waals surface area contributed by atoms with Crippen LogP contribution in [0.25, 0.3) is 0 Å². The number of carbonyl (C=O) groups excluding carboxylic acids is 1. The van der Waals surface area contributed by atoms with E-state index >= 15 is 0 Å². The van der Waals surface area contributed by atoms with Crippen molar-refractivity contribution in [2.24, 2.45) is 0 Å². The zero-order chi connectivity index (χ0) is 16.0. The average Bonchev–Trinajstić information content (AvgIpc) is 2.43. The van der Waals surface area contributed by atoms with E-state index in [0.29, 0.717) is 0 Å². The molecule has 0 fully saturated rings. The molecule has 0 aliphatic heterocycles. The molecular formula is C14H20ClFN2O3. The molecule has 5 nitrogen and oxygen atoms in total. The fourth-order valence-electron chi connectivity index (χ4n) is 1.81. The molecule has 0 bridgehead atoms. The first kappa shape index (κ1) is 17.7. The molecule has 0 aromatic heterocycles. The summed E-state index contributed by atoms with van der Waals surface area (Å²) in [6.45, 7) is 2.95. The Kier molecular flexibility index (Phi) is 6.87. The number of nitrogens with zero attached hydrogens (tertiary/aromatic N) is 1. The Morgan fingerprint density at radius 3 is 2.67 bits per heavy atom. The maximum Gasteiger partial charge on any atom is 0.318 e. The predicted molar refractivity (Wildman–Crippen MR) is 78.6 cm³/mol. The second kappa shape index (κ2) is 8.17. The van der Waals surface area contributed by atoms with Crippen LogP contribution in [0.2, 0.25) is 5.02 Å². The molecule has 21 heavy (non-hydrogen) atoms. The van der Waals surface area contributed by atoms with E-state index < -0.39 is 24.0 Å². The summed E-state index contributed by atoms with van der Waals surface area (Å²) in [4.78, 5) is 13.4. The van der Waals surface area contributed by atoms with Crippen molar-refractivity contribution in [2.75, 3.05) is 13.2 Å². The molecule has 0 saturated heterocycles. The van der Waals surface area contributed by atoms with Crippen molar-refractivity contribution < 1.29 is 19.4 Å². The first-order valence-corrected chi connectivity index (χ1v) is 7.00. The summed E-state index contributed by atoms with van der Waals surface area (Å²) in [6, 6.07) is 3.32. The molecule has 0 saturated carbocycles. The molecule has 2 unspecified atom stereocenters. The molecule has 0 radical (unpaired) electrons. The number of rotatable bonds is 6. The van der Waals surface area contributed by atoms with Gasteiger partial charge < -0.3 is 20.4 Å². The fourth-order valence-corrected chi connectivity index (χ4v) is 2.04. The number of carbonyl (C=O) groups is 1. The Morgan fingerprint density at radius 1 is 1.48 bits per heavy atom. The topological polar surface area (TPSA) is 72.8 Å². The number of benzene rings is 1. The highest BCUT2D eigenvalue weighted by Gasteiger charge is 2.21. The van der Waals surface area contributed by atoms with Gasteiger partial charge in [0, 0.05) is 23.7 Å². The maximum absolute atomic E-state index is 13.6. The van der Waals surface area contributed by atoms with Gasteiger partial charge in [-0.25, -0.2) is 9.18 Å². The predicted octanol–water partition coefficient (Wildman–Crippen LogP) is 1.75. The summed E-state index contributed by atoms with van der Waals surface area (Å²) in [5, 5.41) is 21.3. The largest absolute Gasteiger partial charge is 0.394 e. The molecule has 1 rings (SSSR count). The Hall–Kier alpha value is -1.37. The smallest absolute Gasteiger partial charge is 0.318 e. The second-order valence-electron chi connectivity index (χ2n) is 4.89. The Labute approximate surface area is 128 Å². The molecular weight excluding hydrogens is 299 g/mol. The molecule has 1 aromatic rings. The number of amides is 2. The Morgan fingerprint density at radius 2 is 2.14 bits per heavy atom. The molecule has 1 aromatic carbocycles. The first-order chi connectivity index (χ1) is 9.86. The lowest BCUT2D eigenvalue weighted by Gasteiger charge is -2.29. The lowest BCUT2D eigenvalue weighted by atomic mass is 10.2. The molecule has 2 amide bonds. The summed E-state index contributed by atoms with van der Waals surface area (Å²) >= 11 is 5.88. The molecule has 118 valence electrons. The molecule has 2 atom stereocenters. The van der Waals surface area contributed by atoms with Crippen LogP contribution >= 0.6 is 11.6 Å². The molecule has 0 aliphatic rings. The zero-order valence-corrected chi connectivity index (χ0v) is 12.8.